The minimum Gasteiger partial charge on any atom is -0.0628 e. The Morgan fingerprint density at radius 2 is 1.86 bits per heavy atom. The van der Waals surface area contributed by atoms with Crippen molar-refractivity contribution in [3.05, 3.63) is 0 Å². The Bertz CT molecular complexity index is 178. The Morgan fingerprint density at radius 1 is 1.14 bits per heavy atom. The molecule has 2 rings (SSSR count). The fourth-order valence-electron chi connectivity index (χ4n) is 3.00. The van der Waals surface area contributed by atoms with Gasteiger partial charge in [-0.05, 0) is 42.4 Å². The van der Waals surface area contributed by atoms with Crippen LogP contribution in [0, 0.1) is 29.6 Å². The van der Waals surface area contributed by atoms with Gasteiger partial charge in [-0.15, -0.1) is 0 Å². The van der Waals surface area contributed by atoms with Gasteiger partial charge in [-0.2, -0.15) is 0 Å². The molecule has 0 aromatic rings. The van der Waals surface area contributed by atoms with Crippen molar-refractivity contribution in [2.24, 2.45) is 29.6 Å². The SMILES string of the molecule is CC(C)CCCC1C(C)C1CC1CC1. The predicted molar refractivity (Wildman–Crippen MR) is 62.2 cm³/mol. The molecule has 2 aliphatic carbocycles. The highest BCUT2D eigenvalue weighted by Gasteiger charge is 2.47. The molecule has 0 radical (unpaired) electrons. The van der Waals surface area contributed by atoms with E-state index in [1.807, 2.05) is 0 Å². The lowest BCUT2D eigenvalue weighted by Gasteiger charge is -2.03. The summed E-state index contributed by atoms with van der Waals surface area (Å²) < 4.78 is 0. The summed E-state index contributed by atoms with van der Waals surface area (Å²) in [6.07, 6.45) is 9.11. The zero-order valence-corrected chi connectivity index (χ0v) is 10.1. The Hall–Kier alpha value is 0. The van der Waals surface area contributed by atoms with Gasteiger partial charge in [0.05, 0.1) is 0 Å². The van der Waals surface area contributed by atoms with Crippen molar-refractivity contribution in [2.75, 3.05) is 0 Å². The lowest BCUT2D eigenvalue weighted by atomic mass is 10.0. The number of hydrogen-bond acceptors (Lipinski definition) is 0. The molecule has 82 valence electrons. The number of hydrogen-bond donors (Lipinski definition) is 0. The summed E-state index contributed by atoms with van der Waals surface area (Å²) in [5.41, 5.74) is 0. The highest BCUT2D eigenvalue weighted by Crippen LogP contribution is 2.55. The van der Waals surface area contributed by atoms with Gasteiger partial charge in [0.1, 0.15) is 0 Å². The van der Waals surface area contributed by atoms with Gasteiger partial charge in [0.25, 0.3) is 0 Å². The van der Waals surface area contributed by atoms with Gasteiger partial charge in [-0.1, -0.05) is 46.5 Å². The van der Waals surface area contributed by atoms with Gasteiger partial charge < -0.3 is 0 Å². The maximum atomic E-state index is 2.48. The summed E-state index contributed by atoms with van der Waals surface area (Å²) in [7, 11) is 0. The van der Waals surface area contributed by atoms with Crippen molar-refractivity contribution in [1.29, 1.82) is 0 Å². The third kappa shape index (κ3) is 2.74. The molecule has 0 aromatic heterocycles. The standard InChI is InChI=1S/C14H26/c1-10(2)5-4-6-13-11(3)14(13)9-12-7-8-12/h10-14H,4-9H2,1-3H3. The maximum absolute atomic E-state index is 2.48. The summed E-state index contributed by atoms with van der Waals surface area (Å²) in [5, 5.41) is 0. The van der Waals surface area contributed by atoms with Gasteiger partial charge in [0, 0.05) is 0 Å². The van der Waals surface area contributed by atoms with Gasteiger partial charge in [0.15, 0.2) is 0 Å². The van der Waals surface area contributed by atoms with E-state index in [2.05, 4.69) is 20.8 Å². The molecule has 0 amide bonds. The van der Waals surface area contributed by atoms with Crippen LogP contribution in [0.4, 0.5) is 0 Å². The summed E-state index contributed by atoms with van der Waals surface area (Å²) in [4.78, 5) is 0. The molecule has 0 heterocycles. The molecule has 0 aromatic carbocycles. The first-order chi connectivity index (χ1) is 6.68. The zero-order valence-electron chi connectivity index (χ0n) is 10.1. The van der Waals surface area contributed by atoms with Crippen LogP contribution >= 0.6 is 0 Å². The second kappa shape index (κ2) is 4.24. The normalized spacial score (nSPS) is 36.4. The molecule has 0 spiro atoms. The maximum Gasteiger partial charge on any atom is -0.0352 e. The van der Waals surface area contributed by atoms with Crippen LogP contribution in [0.25, 0.3) is 0 Å². The van der Waals surface area contributed by atoms with Gasteiger partial charge in [0.2, 0.25) is 0 Å². The quantitative estimate of drug-likeness (QED) is 0.584. The van der Waals surface area contributed by atoms with E-state index in [1.165, 1.54) is 19.3 Å². The zero-order chi connectivity index (χ0) is 10.1. The van der Waals surface area contributed by atoms with Gasteiger partial charge in [-0.3, -0.25) is 0 Å². The van der Waals surface area contributed by atoms with E-state index in [-0.39, 0.29) is 0 Å². The molecule has 14 heavy (non-hydrogen) atoms. The minimum atomic E-state index is 0.908. The monoisotopic (exact) mass is 194 g/mol. The Morgan fingerprint density at radius 3 is 2.43 bits per heavy atom. The fraction of sp³-hybridized carbons (Fsp3) is 1.00. The summed E-state index contributed by atoms with van der Waals surface area (Å²) in [5.74, 6) is 5.38. The first-order valence-corrected chi connectivity index (χ1v) is 6.68. The molecule has 0 heteroatoms. The third-order valence-electron chi connectivity index (χ3n) is 4.38. The van der Waals surface area contributed by atoms with Crippen molar-refractivity contribution in [1.82, 2.24) is 0 Å². The topological polar surface area (TPSA) is 0 Å². The average Bonchev–Trinajstić information content (AvgIpc) is 3.00. The Balaban J connectivity index is 1.58. The van der Waals surface area contributed by atoms with Crippen LogP contribution in [0.5, 0.6) is 0 Å². The van der Waals surface area contributed by atoms with Crippen LogP contribution in [-0.2, 0) is 0 Å². The lowest BCUT2D eigenvalue weighted by Crippen LogP contribution is -1.90. The molecule has 2 saturated carbocycles. The molecule has 2 fully saturated rings. The molecule has 3 unspecified atom stereocenters. The highest BCUT2D eigenvalue weighted by atomic mass is 14.5. The van der Waals surface area contributed by atoms with Crippen LogP contribution in [-0.4, -0.2) is 0 Å². The smallest absolute Gasteiger partial charge is 0.0352 e. The first kappa shape index (κ1) is 10.5. The van der Waals surface area contributed by atoms with E-state index in [4.69, 9.17) is 0 Å². The second-order valence-electron chi connectivity index (χ2n) is 6.19. The van der Waals surface area contributed by atoms with Gasteiger partial charge >= 0.3 is 0 Å². The molecule has 3 atom stereocenters. The van der Waals surface area contributed by atoms with E-state index in [1.54, 1.807) is 19.3 Å². The van der Waals surface area contributed by atoms with Crippen LogP contribution in [0.2, 0.25) is 0 Å². The molecule has 0 nitrogen and oxygen atoms in total. The summed E-state index contributed by atoms with van der Waals surface area (Å²) in [6.45, 7) is 7.17. The second-order valence-corrected chi connectivity index (χ2v) is 6.19. The first-order valence-electron chi connectivity index (χ1n) is 6.68. The molecule has 0 saturated heterocycles. The molecule has 0 bridgehead atoms. The van der Waals surface area contributed by atoms with Crippen molar-refractivity contribution in [3.63, 3.8) is 0 Å². The van der Waals surface area contributed by atoms with Crippen LogP contribution in [0.3, 0.4) is 0 Å². The minimum absolute atomic E-state index is 0.908. The van der Waals surface area contributed by atoms with E-state index in [0.717, 1.165) is 29.6 Å². The molecule has 2 aliphatic rings. The van der Waals surface area contributed by atoms with Crippen molar-refractivity contribution < 1.29 is 0 Å². The third-order valence-corrected chi connectivity index (χ3v) is 4.38. The van der Waals surface area contributed by atoms with Crippen LogP contribution < -0.4 is 0 Å². The summed E-state index contributed by atoms with van der Waals surface area (Å²) >= 11 is 0. The van der Waals surface area contributed by atoms with Crippen molar-refractivity contribution >= 4 is 0 Å². The molecule has 0 N–H and O–H groups in total. The van der Waals surface area contributed by atoms with Gasteiger partial charge in [-0.25, -0.2) is 0 Å². The molecular formula is C14H26. The van der Waals surface area contributed by atoms with Crippen molar-refractivity contribution in [2.45, 2.75) is 59.3 Å². The number of rotatable bonds is 6. The highest BCUT2D eigenvalue weighted by molar-refractivity contribution is 4.96. The predicted octanol–water partition coefficient (Wildman–Crippen LogP) is 4.49. The van der Waals surface area contributed by atoms with E-state index in [9.17, 15) is 0 Å². The molecule has 0 aliphatic heterocycles. The van der Waals surface area contributed by atoms with Crippen molar-refractivity contribution in [3.8, 4) is 0 Å². The fourth-order valence-corrected chi connectivity index (χ4v) is 3.00. The van der Waals surface area contributed by atoms with Crippen LogP contribution in [0.1, 0.15) is 59.3 Å². The molecular weight excluding hydrogens is 168 g/mol. The van der Waals surface area contributed by atoms with Crippen LogP contribution in [0.15, 0.2) is 0 Å². The van der Waals surface area contributed by atoms with E-state index >= 15 is 0 Å². The Labute approximate surface area is 89.5 Å². The van der Waals surface area contributed by atoms with E-state index < -0.39 is 0 Å². The summed E-state index contributed by atoms with van der Waals surface area (Å²) in [6, 6.07) is 0. The largest absolute Gasteiger partial charge is 0.0628 e. The lowest BCUT2D eigenvalue weighted by molar-refractivity contribution is 0.493. The van der Waals surface area contributed by atoms with E-state index in [0.29, 0.717) is 0 Å². The average molecular weight is 194 g/mol. The Kier molecular flexibility index (Phi) is 3.19.